The molecule has 1 aliphatic heterocycles. The third-order valence-corrected chi connectivity index (χ3v) is 4.89. The lowest BCUT2D eigenvalue weighted by molar-refractivity contribution is -0.110. The molecule has 1 amide bonds. The minimum absolute atomic E-state index is 0.104. The minimum atomic E-state index is -0.104. The van der Waals surface area contributed by atoms with Crippen LogP contribution in [0.3, 0.4) is 0 Å². The lowest BCUT2D eigenvalue weighted by atomic mass is 9.94. The molecule has 3 heterocycles. The predicted octanol–water partition coefficient (Wildman–Crippen LogP) is 4.60. The summed E-state index contributed by atoms with van der Waals surface area (Å²) < 4.78 is 7.07. The molecule has 0 radical (unpaired) electrons. The Labute approximate surface area is 155 Å². The van der Waals surface area contributed by atoms with Crippen LogP contribution in [0.4, 0.5) is 5.69 Å². The monoisotopic (exact) mass is 355 g/mol. The fourth-order valence-electron chi connectivity index (χ4n) is 3.58. The highest BCUT2D eigenvalue weighted by atomic mass is 16.5. The van der Waals surface area contributed by atoms with Crippen molar-refractivity contribution in [2.24, 2.45) is 0 Å². The van der Waals surface area contributed by atoms with E-state index in [0.29, 0.717) is 5.57 Å². The number of hydrogen-bond acceptors (Lipinski definition) is 2. The molecule has 0 spiro atoms. The van der Waals surface area contributed by atoms with E-state index in [1.165, 1.54) is 0 Å². The number of H-pyrrole nitrogens is 1. The van der Waals surface area contributed by atoms with E-state index in [1.54, 1.807) is 7.11 Å². The van der Waals surface area contributed by atoms with Crippen LogP contribution in [-0.2, 0) is 4.79 Å². The first-order chi connectivity index (χ1) is 13.2. The van der Waals surface area contributed by atoms with Gasteiger partial charge in [-0.1, -0.05) is 18.2 Å². The zero-order valence-corrected chi connectivity index (χ0v) is 14.7. The number of nitrogens with one attached hydrogen (secondary N) is 2. The Balaban J connectivity index is 1.68. The molecule has 0 atom stereocenters. The maximum atomic E-state index is 12.6. The lowest BCUT2D eigenvalue weighted by Gasteiger charge is -2.09. The molecule has 0 fully saturated rings. The zero-order chi connectivity index (χ0) is 18.4. The number of carbonyl (C=O) groups is 1. The number of aromatic amines is 1. The van der Waals surface area contributed by atoms with E-state index in [9.17, 15) is 4.79 Å². The summed E-state index contributed by atoms with van der Waals surface area (Å²) in [4.78, 5) is 15.9. The van der Waals surface area contributed by atoms with Crippen molar-refractivity contribution < 1.29 is 9.53 Å². The number of nitrogens with zero attached hydrogens (tertiary/aromatic N) is 1. The van der Waals surface area contributed by atoms with Gasteiger partial charge in [0, 0.05) is 35.4 Å². The van der Waals surface area contributed by atoms with Gasteiger partial charge in [0.2, 0.25) is 0 Å². The highest BCUT2D eigenvalue weighted by Crippen LogP contribution is 2.40. The second kappa shape index (κ2) is 5.92. The van der Waals surface area contributed by atoms with Crippen molar-refractivity contribution in [2.45, 2.75) is 0 Å². The molecule has 5 heteroatoms. The van der Waals surface area contributed by atoms with Crippen molar-refractivity contribution >= 4 is 34.3 Å². The number of hydrogen-bond donors (Lipinski definition) is 2. The molecule has 4 aromatic rings. The van der Waals surface area contributed by atoms with E-state index in [4.69, 9.17) is 4.74 Å². The number of amides is 1. The quantitative estimate of drug-likeness (QED) is 0.528. The van der Waals surface area contributed by atoms with Crippen LogP contribution in [0.2, 0.25) is 0 Å². The molecule has 132 valence electrons. The van der Waals surface area contributed by atoms with Crippen molar-refractivity contribution in [3.63, 3.8) is 0 Å². The second-order valence-corrected chi connectivity index (χ2v) is 6.50. The summed E-state index contributed by atoms with van der Waals surface area (Å²) in [7, 11) is 1.62. The van der Waals surface area contributed by atoms with Crippen LogP contribution in [0.5, 0.6) is 5.75 Å². The van der Waals surface area contributed by atoms with Crippen molar-refractivity contribution in [1.82, 2.24) is 9.55 Å². The molecule has 27 heavy (non-hydrogen) atoms. The summed E-state index contributed by atoms with van der Waals surface area (Å²) in [6.45, 7) is 0. The Bertz CT molecular complexity index is 1210. The van der Waals surface area contributed by atoms with Crippen LogP contribution in [0.1, 0.15) is 5.56 Å². The van der Waals surface area contributed by atoms with Crippen LogP contribution >= 0.6 is 0 Å². The fourth-order valence-corrected chi connectivity index (χ4v) is 3.58. The van der Waals surface area contributed by atoms with E-state index < -0.39 is 0 Å². The number of ether oxygens (including phenoxy) is 1. The van der Waals surface area contributed by atoms with Gasteiger partial charge >= 0.3 is 0 Å². The topological polar surface area (TPSA) is 59.0 Å². The first kappa shape index (κ1) is 15.5. The van der Waals surface area contributed by atoms with Crippen LogP contribution in [-0.4, -0.2) is 22.6 Å². The average Bonchev–Trinajstić information content (AvgIpc) is 3.40. The molecule has 5 rings (SSSR count). The largest absolute Gasteiger partial charge is 0.495 e. The van der Waals surface area contributed by atoms with Gasteiger partial charge in [-0.3, -0.25) is 4.79 Å². The average molecular weight is 355 g/mol. The third-order valence-electron chi connectivity index (χ3n) is 4.89. The smallest absolute Gasteiger partial charge is 0.257 e. The highest BCUT2D eigenvalue weighted by molar-refractivity contribution is 6.35. The number of methoxy groups -OCH3 is 1. The van der Waals surface area contributed by atoms with Gasteiger partial charge < -0.3 is 19.6 Å². The molecular formula is C22H17N3O2. The molecule has 0 aliphatic carbocycles. The summed E-state index contributed by atoms with van der Waals surface area (Å²) in [5.41, 5.74) is 5.58. The van der Waals surface area contributed by atoms with Gasteiger partial charge in [0.25, 0.3) is 5.91 Å². The van der Waals surface area contributed by atoms with E-state index in [1.807, 2.05) is 53.6 Å². The van der Waals surface area contributed by atoms with Crippen LogP contribution in [0.25, 0.3) is 33.8 Å². The Morgan fingerprint density at radius 3 is 2.89 bits per heavy atom. The van der Waals surface area contributed by atoms with Gasteiger partial charge in [-0.2, -0.15) is 0 Å². The highest BCUT2D eigenvalue weighted by Gasteiger charge is 2.27. The van der Waals surface area contributed by atoms with Gasteiger partial charge in [0.1, 0.15) is 5.75 Å². The van der Waals surface area contributed by atoms with Crippen molar-refractivity contribution in [2.75, 3.05) is 12.4 Å². The zero-order valence-electron chi connectivity index (χ0n) is 14.7. The molecule has 0 saturated carbocycles. The van der Waals surface area contributed by atoms with E-state index in [0.717, 1.165) is 39.0 Å². The second-order valence-electron chi connectivity index (χ2n) is 6.50. The molecule has 0 bridgehead atoms. The summed E-state index contributed by atoms with van der Waals surface area (Å²) >= 11 is 0. The standard InChI is InChI=1S/C22H17N3O2/c1-27-16-8-10-25(12-16)13-18-21-17(3-2-4-20(21)24-22(18)26)14-5-6-19-15(11-14)7-9-23-19/h2-13,23H,1H3,(H,24,26). The predicted molar refractivity (Wildman–Crippen MR) is 108 cm³/mol. The van der Waals surface area contributed by atoms with Crippen LogP contribution < -0.4 is 10.1 Å². The van der Waals surface area contributed by atoms with Crippen molar-refractivity contribution in [3.05, 3.63) is 72.7 Å². The lowest BCUT2D eigenvalue weighted by Crippen LogP contribution is -2.04. The number of fused-ring (bicyclic) bond motifs is 2. The SMILES string of the molecule is COc1ccn(C=C2C(=O)Nc3cccc(-c4ccc5[nH]ccc5c4)c32)c1. The molecule has 2 aromatic carbocycles. The van der Waals surface area contributed by atoms with Crippen LogP contribution in [0.15, 0.2) is 67.1 Å². The number of benzene rings is 2. The maximum Gasteiger partial charge on any atom is 0.257 e. The number of rotatable bonds is 3. The normalized spacial score (nSPS) is 14.6. The Hall–Kier alpha value is -3.73. The number of anilines is 1. The van der Waals surface area contributed by atoms with E-state index in [2.05, 4.69) is 34.6 Å². The minimum Gasteiger partial charge on any atom is -0.495 e. The summed E-state index contributed by atoms with van der Waals surface area (Å²) in [5.74, 6) is 0.643. The molecule has 2 N–H and O–H groups in total. The molecule has 1 aliphatic rings. The van der Waals surface area contributed by atoms with Gasteiger partial charge in [-0.25, -0.2) is 0 Å². The number of carbonyl (C=O) groups excluding carboxylic acids is 1. The maximum absolute atomic E-state index is 12.6. The Morgan fingerprint density at radius 1 is 1.11 bits per heavy atom. The Morgan fingerprint density at radius 2 is 2.04 bits per heavy atom. The van der Waals surface area contributed by atoms with Gasteiger partial charge in [0.15, 0.2) is 0 Å². The summed E-state index contributed by atoms with van der Waals surface area (Å²) in [5, 5.41) is 4.11. The van der Waals surface area contributed by atoms with E-state index >= 15 is 0 Å². The first-order valence-corrected chi connectivity index (χ1v) is 8.68. The fraction of sp³-hybridized carbons (Fsp3) is 0.0455. The van der Waals surface area contributed by atoms with Crippen LogP contribution in [0, 0.1) is 0 Å². The molecule has 0 unspecified atom stereocenters. The van der Waals surface area contributed by atoms with Gasteiger partial charge in [-0.15, -0.1) is 0 Å². The van der Waals surface area contributed by atoms with Gasteiger partial charge in [0.05, 0.1) is 18.9 Å². The Kier molecular flexibility index (Phi) is 3.40. The van der Waals surface area contributed by atoms with Gasteiger partial charge in [-0.05, 0) is 46.8 Å². The van der Waals surface area contributed by atoms with Crippen molar-refractivity contribution in [3.8, 4) is 16.9 Å². The third kappa shape index (κ3) is 2.52. The molecule has 5 nitrogen and oxygen atoms in total. The number of aromatic nitrogens is 2. The molecule has 2 aromatic heterocycles. The van der Waals surface area contributed by atoms with E-state index in [-0.39, 0.29) is 5.91 Å². The molecule has 0 saturated heterocycles. The summed E-state index contributed by atoms with van der Waals surface area (Å²) in [6.07, 6.45) is 7.47. The first-order valence-electron chi connectivity index (χ1n) is 8.68. The molecular weight excluding hydrogens is 338 g/mol. The van der Waals surface area contributed by atoms with Crippen molar-refractivity contribution in [1.29, 1.82) is 0 Å². The summed E-state index contributed by atoms with van der Waals surface area (Å²) in [6, 6.07) is 16.1.